The predicted molar refractivity (Wildman–Crippen MR) is 62.3 cm³/mol. The standard InChI is InChI=1S/C12H26N2/c1-10(2)8-14-6-4-5-12(9-14)7-11(3)13/h10-12H,4-9,13H2,1-3H3. The first kappa shape index (κ1) is 12.0. The minimum absolute atomic E-state index is 0.374. The maximum atomic E-state index is 5.85. The van der Waals surface area contributed by atoms with Gasteiger partial charge in [0.2, 0.25) is 0 Å². The third kappa shape index (κ3) is 4.43. The molecule has 0 aromatic rings. The van der Waals surface area contributed by atoms with Crippen LogP contribution in [-0.2, 0) is 0 Å². The van der Waals surface area contributed by atoms with E-state index in [1.165, 1.54) is 38.9 Å². The first-order chi connectivity index (χ1) is 6.58. The Morgan fingerprint density at radius 3 is 2.64 bits per heavy atom. The van der Waals surface area contributed by atoms with E-state index in [4.69, 9.17) is 5.73 Å². The minimum Gasteiger partial charge on any atom is -0.328 e. The van der Waals surface area contributed by atoms with Crippen molar-refractivity contribution in [2.75, 3.05) is 19.6 Å². The van der Waals surface area contributed by atoms with Crippen molar-refractivity contribution in [1.82, 2.24) is 4.90 Å². The van der Waals surface area contributed by atoms with Gasteiger partial charge in [0, 0.05) is 19.1 Å². The van der Waals surface area contributed by atoms with Gasteiger partial charge in [-0.05, 0) is 44.6 Å². The van der Waals surface area contributed by atoms with Crippen molar-refractivity contribution in [1.29, 1.82) is 0 Å². The number of likely N-dealkylation sites (tertiary alicyclic amines) is 1. The van der Waals surface area contributed by atoms with Crippen LogP contribution in [0.2, 0.25) is 0 Å². The molecule has 2 N–H and O–H groups in total. The van der Waals surface area contributed by atoms with Gasteiger partial charge in [-0.2, -0.15) is 0 Å². The van der Waals surface area contributed by atoms with Gasteiger partial charge in [-0.1, -0.05) is 13.8 Å². The molecule has 0 aliphatic carbocycles. The number of nitrogens with zero attached hydrogens (tertiary/aromatic N) is 1. The van der Waals surface area contributed by atoms with Crippen molar-refractivity contribution in [2.45, 2.75) is 46.1 Å². The number of nitrogens with two attached hydrogens (primary N) is 1. The average molecular weight is 198 g/mol. The second-order valence-corrected chi connectivity index (χ2v) is 5.37. The summed E-state index contributed by atoms with van der Waals surface area (Å²) in [6.07, 6.45) is 3.95. The van der Waals surface area contributed by atoms with Gasteiger partial charge in [0.15, 0.2) is 0 Å². The van der Waals surface area contributed by atoms with E-state index in [0.717, 1.165) is 11.8 Å². The summed E-state index contributed by atoms with van der Waals surface area (Å²) in [4.78, 5) is 2.61. The Morgan fingerprint density at radius 2 is 2.07 bits per heavy atom. The summed E-state index contributed by atoms with van der Waals surface area (Å²) < 4.78 is 0. The molecule has 1 fully saturated rings. The topological polar surface area (TPSA) is 29.3 Å². The fourth-order valence-electron chi connectivity index (χ4n) is 2.55. The van der Waals surface area contributed by atoms with Crippen molar-refractivity contribution >= 4 is 0 Å². The Kier molecular flexibility index (Phi) is 4.90. The molecule has 0 aromatic carbocycles. The maximum absolute atomic E-state index is 5.85. The highest BCUT2D eigenvalue weighted by Crippen LogP contribution is 2.21. The number of rotatable bonds is 4. The van der Waals surface area contributed by atoms with Gasteiger partial charge < -0.3 is 10.6 Å². The van der Waals surface area contributed by atoms with Crippen LogP contribution in [0.3, 0.4) is 0 Å². The van der Waals surface area contributed by atoms with Crippen LogP contribution in [0.5, 0.6) is 0 Å². The lowest BCUT2D eigenvalue weighted by atomic mass is 9.92. The van der Waals surface area contributed by atoms with Gasteiger partial charge in [0.1, 0.15) is 0 Å². The first-order valence-electron chi connectivity index (χ1n) is 6.06. The van der Waals surface area contributed by atoms with Gasteiger partial charge in [0.05, 0.1) is 0 Å². The van der Waals surface area contributed by atoms with Crippen LogP contribution in [0.25, 0.3) is 0 Å². The molecule has 0 radical (unpaired) electrons. The predicted octanol–water partition coefficient (Wildman–Crippen LogP) is 2.09. The normalized spacial score (nSPS) is 26.8. The third-order valence-corrected chi connectivity index (χ3v) is 2.93. The lowest BCUT2D eigenvalue weighted by molar-refractivity contribution is 0.150. The zero-order valence-electron chi connectivity index (χ0n) is 10.00. The highest BCUT2D eigenvalue weighted by atomic mass is 15.1. The zero-order chi connectivity index (χ0) is 10.6. The van der Waals surface area contributed by atoms with Crippen LogP contribution in [0.4, 0.5) is 0 Å². The number of hydrogen-bond acceptors (Lipinski definition) is 2. The van der Waals surface area contributed by atoms with Gasteiger partial charge >= 0.3 is 0 Å². The summed E-state index contributed by atoms with van der Waals surface area (Å²) in [5, 5.41) is 0. The van der Waals surface area contributed by atoms with Crippen LogP contribution in [-0.4, -0.2) is 30.6 Å². The maximum Gasteiger partial charge on any atom is 0.00135 e. The van der Waals surface area contributed by atoms with Crippen LogP contribution < -0.4 is 5.73 Å². The van der Waals surface area contributed by atoms with E-state index in [1.54, 1.807) is 0 Å². The Hall–Kier alpha value is -0.0800. The monoisotopic (exact) mass is 198 g/mol. The van der Waals surface area contributed by atoms with Gasteiger partial charge in [-0.25, -0.2) is 0 Å². The molecule has 0 saturated carbocycles. The lowest BCUT2D eigenvalue weighted by Crippen LogP contribution is -2.39. The molecule has 1 rings (SSSR count). The van der Waals surface area contributed by atoms with E-state index in [9.17, 15) is 0 Å². The van der Waals surface area contributed by atoms with E-state index >= 15 is 0 Å². The molecule has 1 heterocycles. The second kappa shape index (κ2) is 5.72. The van der Waals surface area contributed by atoms with Gasteiger partial charge in [-0.3, -0.25) is 0 Å². The van der Waals surface area contributed by atoms with Crippen molar-refractivity contribution in [3.8, 4) is 0 Å². The van der Waals surface area contributed by atoms with Crippen molar-refractivity contribution in [3.63, 3.8) is 0 Å². The Balaban J connectivity index is 2.28. The summed E-state index contributed by atoms with van der Waals surface area (Å²) >= 11 is 0. The van der Waals surface area contributed by atoms with E-state index < -0.39 is 0 Å². The van der Waals surface area contributed by atoms with E-state index in [0.29, 0.717) is 6.04 Å². The molecule has 14 heavy (non-hydrogen) atoms. The molecule has 2 nitrogen and oxygen atoms in total. The quantitative estimate of drug-likeness (QED) is 0.749. The molecule has 1 aliphatic heterocycles. The molecule has 84 valence electrons. The average Bonchev–Trinajstić information content (AvgIpc) is 2.01. The SMILES string of the molecule is CC(C)CN1CCCC(CC(C)N)C1. The Morgan fingerprint density at radius 1 is 1.36 bits per heavy atom. The summed E-state index contributed by atoms with van der Waals surface area (Å²) in [5.74, 6) is 1.64. The molecule has 1 aliphatic rings. The third-order valence-electron chi connectivity index (χ3n) is 2.93. The highest BCUT2D eigenvalue weighted by Gasteiger charge is 2.20. The first-order valence-corrected chi connectivity index (χ1v) is 6.06. The molecular formula is C12H26N2. The Bertz CT molecular complexity index is 138. The lowest BCUT2D eigenvalue weighted by Gasteiger charge is -2.34. The summed E-state index contributed by atoms with van der Waals surface area (Å²) in [7, 11) is 0. The fraction of sp³-hybridized carbons (Fsp3) is 1.00. The zero-order valence-corrected chi connectivity index (χ0v) is 10.00. The van der Waals surface area contributed by atoms with Gasteiger partial charge in [-0.15, -0.1) is 0 Å². The minimum atomic E-state index is 0.374. The molecule has 0 spiro atoms. The van der Waals surface area contributed by atoms with E-state index in [-0.39, 0.29) is 0 Å². The Labute approximate surface area is 88.8 Å². The van der Waals surface area contributed by atoms with Gasteiger partial charge in [0.25, 0.3) is 0 Å². The number of piperidine rings is 1. The van der Waals surface area contributed by atoms with Crippen molar-refractivity contribution in [3.05, 3.63) is 0 Å². The molecule has 0 amide bonds. The number of hydrogen-bond donors (Lipinski definition) is 1. The smallest absolute Gasteiger partial charge is 0.00135 e. The summed E-state index contributed by atoms with van der Waals surface area (Å²) in [6, 6.07) is 0.374. The van der Waals surface area contributed by atoms with Crippen LogP contribution >= 0.6 is 0 Å². The fourth-order valence-corrected chi connectivity index (χ4v) is 2.55. The van der Waals surface area contributed by atoms with E-state index in [1.807, 2.05) is 0 Å². The summed E-state index contributed by atoms with van der Waals surface area (Å²) in [5.41, 5.74) is 5.85. The van der Waals surface area contributed by atoms with Crippen LogP contribution in [0.1, 0.15) is 40.0 Å². The highest BCUT2D eigenvalue weighted by molar-refractivity contribution is 4.75. The van der Waals surface area contributed by atoms with Crippen LogP contribution in [0, 0.1) is 11.8 Å². The summed E-state index contributed by atoms with van der Waals surface area (Å²) in [6.45, 7) is 10.6. The van der Waals surface area contributed by atoms with E-state index in [2.05, 4.69) is 25.7 Å². The largest absolute Gasteiger partial charge is 0.328 e. The van der Waals surface area contributed by atoms with Crippen molar-refractivity contribution < 1.29 is 0 Å². The molecule has 0 bridgehead atoms. The molecule has 2 unspecified atom stereocenters. The molecule has 1 saturated heterocycles. The molecule has 2 heteroatoms. The molecule has 2 atom stereocenters. The van der Waals surface area contributed by atoms with Crippen molar-refractivity contribution in [2.24, 2.45) is 17.6 Å². The van der Waals surface area contributed by atoms with Crippen LogP contribution in [0.15, 0.2) is 0 Å². The second-order valence-electron chi connectivity index (χ2n) is 5.37. The molecular weight excluding hydrogens is 172 g/mol. The molecule has 0 aromatic heterocycles.